The first-order chi connectivity index (χ1) is 11.9. The van der Waals surface area contributed by atoms with Gasteiger partial charge in [0.15, 0.2) is 5.60 Å². The molecule has 0 amide bonds. The molecule has 0 radical (unpaired) electrons. The number of esters is 3. The molecule has 3 aliphatic rings. The molecule has 6 atom stereocenters. The molecular formula is C16H18F2O8. The van der Waals surface area contributed by atoms with Crippen LogP contribution in [0.1, 0.15) is 27.2 Å². The van der Waals surface area contributed by atoms with Crippen LogP contribution < -0.4 is 0 Å². The number of alkyl halides is 2. The van der Waals surface area contributed by atoms with Crippen molar-refractivity contribution < 1.29 is 47.3 Å². The highest BCUT2D eigenvalue weighted by Crippen LogP contribution is 2.59. The molecule has 0 aromatic heterocycles. The zero-order chi connectivity index (χ0) is 19.6. The van der Waals surface area contributed by atoms with Crippen LogP contribution in [-0.2, 0) is 33.4 Å². The third-order valence-electron chi connectivity index (χ3n) is 5.50. The Hall–Kier alpha value is -2.26. The van der Waals surface area contributed by atoms with E-state index < -0.39 is 65.4 Å². The van der Waals surface area contributed by atoms with Crippen LogP contribution in [0, 0.1) is 23.7 Å². The highest BCUT2D eigenvalue weighted by Gasteiger charge is 2.71. The number of ether oxygens (including phenoxy) is 3. The maximum absolute atomic E-state index is 13.8. The number of carboxylic acids is 1. The topological polar surface area (TPSA) is 116 Å². The highest BCUT2D eigenvalue weighted by atomic mass is 19.3. The molecule has 3 fully saturated rings. The summed E-state index contributed by atoms with van der Waals surface area (Å²) in [6.45, 7) is 2.74. The number of rotatable bonds is 5. The number of hydrogen-bond acceptors (Lipinski definition) is 7. The molecule has 3 rings (SSSR count). The molecule has 0 spiro atoms. The van der Waals surface area contributed by atoms with Crippen LogP contribution in [0.5, 0.6) is 0 Å². The van der Waals surface area contributed by atoms with Crippen LogP contribution in [0.2, 0.25) is 0 Å². The van der Waals surface area contributed by atoms with Gasteiger partial charge in [0, 0.05) is 18.8 Å². The Balaban J connectivity index is 1.84. The fraction of sp³-hybridized carbons (Fsp3) is 0.750. The lowest BCUT2D eigenvalue weighted by molar-refractivity contribution is -0.218. The van der Waals surface area contributed by atoms with E-state index in [1.165, 1.54) is 6.92 Å². The number of hydrogen-bond donors (Lipinski definition) is 1. The quantitative estimate of drug-likeness (QED) is 0.552. The fourth-order valence-corrected chi connectivity index (χ4v) is 4.30. The molecule has 1 heterocycles. The number of carbonyl (C=O) groups is 4. The minimum absolute atomic E-state index is 0.356. The first-order valence-electron chi connectivity index (χ1n) is 8.10. The third kappa shape index (κ3) is 2.45. The molecule has 0 aromatic carbocycles. The molecule has 10 heteroatoms. The van der Waals surface area contributed by atoms with Gasteiger partial charge in [0.25, 0.3) is 0 Å². The second-order valence-electron chi connectivity index (χ2n) is 7.40. The SMILES string of the molecule is CC(=O)OC1C2CC3C1OC(=O)C3C2C(=O)OC(C)(C)C(F)(F)C(=O)O. The van der Waals surface area contributed by atoms with E-state index in [2.05, 4.69) is 0 Å². The summed E-state index contributed by atoms with van der Waals surface area (Å²) < 4.78 is 42.9. The van der Waals surface area contributed by atoms with Gasteiger partial charge < -0.3 is 19.3 Å². The first-order valence-corrected chi connectivity index (χ1v) is 8.10. The van der Waals surface area contributed by atoms with Crippen molar-refractivity contribution in [2.45, 2.75) is 50.9 Å². The largest absolute Gasteiger partial charge is 0.477 e. The Labute approximate surface area is 146 Å². The number of carbonyl (C=O) groups excluding carboxylic acids is 3. The summed E-state index contributed by atoms with van der Waals surface area (Å²) >= 11 is 0. The Morgan fingerprint density at radius 3 is 2.38 bits per heavy atom. The predicted molar refractivity (Wildman–Crippen MR) is 76.8 cm³/mol. The summed E-state index contributed by atoms with van der Waals surface area (Å²) in [6.07, 6.45) is -1.14. The molecule has 6 unspecified atom stereocenters. The predicted octanol–water partition coefficient (Wildman–Crippen LogP) is 0.767. The first kappa shape index (κ1) is 18.5. The molecule has 2 bridgehead atoms. The number of halogens is 2. The van der Waals surface area contributed by atoms with E-state index in [-0.39, 0.29) is 5.92 Å². The highest BCUT2D eigenvalue weighted by molar-refractivity contribution is 5.87. The minimum atomic E-state index is -4.33. The van der Waals surface area contributed by atoms with Gasteiger partial charge in [0.2, 0.25) is 0 Å². The van der Waals surface area contributed by atoms with Crippen LogP contribution in [0.4, 0.5) is 8.78 Å². The van der Waals surface area contributed by atoms with E-state index in [1.807, 2.05) is 0 Å². The average Bonchev–Trinajstić information content (AvgIpc) is 3.09. The van der Waals surface area contributed by atoms with Crippen molar-refractivity contribution in [2.24, 2.45) is 23.7 Å². The van der Waals surface area contributed by atoms with E-state index in [4.69, 9.17) is 19.3 Å². The van der Waals surface area contributed by atoms with Crippen molar-refractivity contribution in [1.29, 1.82) is 0 Å². The number of fused-ring (bicyclic) bond motifs is 1. The van der Waals surface area contributed by atoms with Crippen molar-refractivity contribution >= 4 is 23.9 Å². The molecular weight excluding hydrogens is 358 g/mol. The van der Waals surface area contributed by atoms with Crippen molar-refractivity contribution in [3.63, 3.8) is 0 Å². The smallest absolute Gasteiger partial charge is 0.380 e. The monoisotopic (exact) mass is 376 g/mol. The second-order valence-corrected chi connectivity index (χ2v) is 7.40. The Bertz CT molecular complexity index is 688. The summed E-state index contributed by atoms with van der Waals surface area (Å²) in [7, 11) is 0. The van der Waals surface area contributed by atoms with Gasteiger partial charge in [-0.25, -0.2) is 4.79 Å². The molecule has 1 N–H and O–H groups in total. The lowest BCUT2D eigenvalue weighted by Gasteiger charge is -2.34. The van der Waals surface area contributed by atoms with Gasteiger partial charge >= 0.3 is 29.8 Å². The van der Waals surface area contributed by atoms with Gasteiger partial charge in [-0.2, -0.15) is 8.78 Å². The van der Waals surface area contributed by atoms with Crippen molar-refractivity contribution in [3.05, 3.63) is 0 Å². The van der Waals surface area contributed by atoms with Gasteiger partial charge in [-0.3, -0.25) is 14.4 Å². The Morgan fingerprint density at radius 1 is 1.23 bits per heavy atom. The average molecular weight is 376 g/mol. The number of aliphatic carboxylic acids is 1. The Kier molecular flexibility index (Phi) is 4.00. The van der Waals surface area contributed by atoms with Crippen molar-refractivity contribution in [3.8, 4) is 0 Å². The van der Waals surface area contributed by atoms with Crippen LogP contribution in [-0.4, -0.2) is 52.7 Å². The lowest BCUT2D eigenvalue weighted by atomic mass is 9.78. The van der Waals surface area contributed by atoms with Crippen LogP contribution in [0.25, 0.3) is 0 Å². The molecule has 26 heavy (non-hydrogen) atoms. The molecule has 144 valence electrons. The summed E-state index contributed by atoms with van der Waals surface area (Å²) in [5.74, 6) is -12.1. The van der Waals surface area contributed by atoms with E-state index >= 15 is 0 Å². The molecule has 8 nitrogen and oxygen atoms in total. The molecule has 2 saturated carbocycles. The fourth-order valence-electron chi connectivity index (χ4n) is 4.30. The summed E-state index contributed by atoms with van der Waals surface area (Å²) in [4.78, 5) is 46.8. The summed E-state index contributed by atoms with van der Waals surface area (Å²) in [5, 5.41) is 8.68. The molecule has 0 aromatic rings. The lowest BCUT2D eigenvalue weighted by Crippen LogP contribution is -2.53. The van der Waals surface area contributed by atoms with Gasteiger partial charge in [-0.05, 0) is 20.3 Å². The van der Waals surface area contributed by atoms with Crippen LogP contribution in [0.15, 0.2) is 0 Å². The van der Waals surface area contributed by atoms with E-state index in [9.17, 15) is 28.0 Å². The molecule has 1 saturated heterocycles. The normalized spacial score (nSPS) is 35.2. The zero-order valence-corrected chi connectivity index (χ0v) is 14.2. The van der Waals surface area contributed by atoms with Gasteiger partial charge in [0.1, 0.15) is 12.2 Å². The molecule has 1 aliphatic heterocycles. The minimum Gasteiger partial charge on any atom is -0.477 e. The van der Waals surface area contributed by atoms with E-state index in [1.54, 1.807) is 0 Å². The van der Waals surface area contributed by atoms with Crippen molar-refractivity contribution in [1.82, 2.24) is 0 Å². The second kappa shape index (κ2) is 5.62. The number of carboxylic acid groups (broad SMARTS) is 1. The zero-order valence-electron chi connectivity index (χ0n) is 14.2. The van der Waals surface area contributed by atoms with Crippen LogP contribution >= 0.6 is 0 Å². The Morgan fingerprint density at radius 2 is 1.85 bits per heavy atom. The van der Waals surface area contributed by atoms with E-state index in [0.29, 0.717) is 6.42 Å². The maximum Gasteiger partial charge on any atom is 0.380 e. The summed E-state index contributed by atoms with van der Waals surface area (Å²) in [5.41, 5.74) is -2.63. The third-order valence-corrected chi connectivity index (χ3v) is 5.50. The van der Waals surface area contributed by atoms with Crippen LogP contribution in [0.3, 0.4) is 0 Å². The maximum atomic E-state index is 13.8. The van der Waals surface area contributed by atoms with Gasteiger partial charge in [-0.1, -0.05) is 0 Å². The van der Waals surface area contributed by atoms with Gasteiger partial charge in [-0.15, -0.1) is 0 Å². The van der Waals surface area contributed by atoms with E-state index in [0.717, 1.165) is 13.8 Å². The standard InChI is InChI=1S/C16H18F2O8/c1-5(19)24-10-7-4-6-8(12(20)25-11(6)10)9(7)13(21)26-15(2,3)16(17,18)14(22)23/h6-11H,4H2,1-3H3,(H,22,23). The van der Waals surface area contributed by atoms with Gasteiger partial charge in [0.05, 0.1) is 11.8 Å². The van der Waals surface area contributed by atoms with Crippen molar-refractivity contribution in [2.75, 3.05) is 0 Å². The summed E-state index contributed by atoms with van der Waals surface area (Å²) in [6, 6.07) is 0. The molecule has 2 aliphatic carbocycles.